The lowest BCUT2D eigenvalue weighted by Crippen LogP contribution is -2.38. The molecule has 0 unspecified atom stereocenters. The predicted octanol–water partition coefficient (Wildman–Crippen LogP) is 3.04. The van der Waals surface area contributed by atoms with E-state index in [1.165, 1.54) is 0 Å². The zero-order valence-electron chi connectivity index (χ0n) is 14.7. The van der Waals surface area contributed by atoms with Gasteiger partial charge in [-0.05, 0) is 57.0 Å². The zero-order valence-corrected chi connectivity index (χ0v) is 14.7. The van der Waals surface area contributed by atoms with Gasteiger partial charge in [-0.25, -0.2) is 4.79 Å². The fourth-order valence-corrected chi connectivity index (χ4v) is 3.04. The van der Waals surface area contributed by atoms with Crippen LogP contribution in [0.3, 0.4) is 0 Å². The van der Waals surface area contributed by atoms with Gasteiger partial charge >= 0.3 is 6.03 Å². The SMILES string of the molecule is CCNC(=O)N1CCc2ccc(NC(=O)c3ccc(C)nc3C)cc21. The molecular formula is C19H22N4O2. The average molecular weight is 338 g/mol. The van der Waals surface area contributed by atoms with Gasteiger partial charge < -0.3 is 10.6 Å². The summed E-state index contributed by atoms with van der Waals surface area (Å²) in [5.74, 6) is -0.201. The minimum atomic E-state index is -0.201. The third-order valence-electron chi connectivity index (χ3n) is 4.28. The van der Waals surface area contributed by atoms with E-state index in [0.29, 0.717) is 30.0 Å². The normalized spacial score (nSPS) is 12.7. The van der Waals surface area contributed by atoms with Crippen molar-refractivity contribution < 1.29 is 9.59 Å². The first-order valence-electron chi connectivity index (χ1n) is 8.43. The minimum Gasteiger partial charge on any atom is -0.338 e. The number of rotatable bonds is 3. The molecule has 2 aromatic rings. The third kappa shape index (κ3) is 3.47. The summed E-state index contributed by atoms with van der Waals surface area (Å²) in [6.45, 7) is 6.84. The van der Waals surface area contributed by atoms with Crippen LogP contribution in [0.2, 0.25) is 0 Å². The number of pyridine rings is 1. The Bertz CT molecular complexity index is 832. The molecule has 2 N–H and O–H groups in total. The highest BCUT2D eigenvalue weighted by Gasteiger charge is 2.24. The third-order valence-corrected chi connectivity index (χ3v) is 4.28. The Kier molecular flexibility index (Phi) is 4.70. The number of aryl methyl sites for hydroxylation is 2. The predicted molar refractivity (Wildman–Crippen MR) is 98.2 cm³/mol. The Balaban J connectivity index is 1.81. The molecule has 3 amide bonds. The maximum absolute atomic E-state index is 12.5. The number of nitrogens with zero attached hydrogens (tertiary/aromatic N) is 2. The van der Waals surface area contributed by atoms with E-state index in [2.05, 4.69) is 15.6 Å². The number of fused-ring (bicyclic) bond motifs is 1. The first kappa shape index (κ1) is 17.0. The molecule has 6 heteroatoms. The number of carbonyl (C=O) groups excluding carboxylic acids is 2. The fourth-order valence-electron chi connectivity index (χ4n) is 3.04. The van der Waals surface area contributed by atoms with Crippen LogP contribution in [0.5, 0.6) is 0 Å². The molecule has 3 rings (SSSR count). The molecule has 0 radical (unpaired) electrons. The van der Waals surface area contributed by atoms with Crippen molar-refractivity contribution in [1.82, 2.24) is 10.3 Å². The Hall–Kier alpha value is -2.89. The summed E-state index contributed by atoms with van der Waals surface area (Å²) in [4.78, 5) is 30.7. The summed E-state index contributed by atoms with van der Waals surface area (Å²) in [6.07, 6.45) is 0.821. The number of aromatic nitrogens is 1. The Morgan fingerprint density at radius 3 is 2.72 bits per heavy atom. The van der Waals surface area contributed by atoms with E-state index in [1.54, 1.807) is 11.0 Å². The van der Waals surface area contributed by atoms with Gasteiger partial charge in [0.1, 0.15) is 0 Å². The monoisotopic (exact) mass is 338 g/mol. The lowest BCUT2D eigenvalue weighted by atomic mass is 10.1. The number of hydrogen-bond acceptors (Lipinski definition) is 3. The number of amides is 3. The summed E-state index contributed by atoms with van der Waals surface area (Å²) in [5, 5.41) is 5.72. The molecule has 2 heterocycles. The molecular weight excluding hydrogens is 316 g/mol. The van der Waals surface area contributed by atoms with Crippen molar-refractivity contribution in [2.24, 2.45) is 0 Å². The topological polar surface area (TPSA) is 74.3 Å². The Labute approximate surface area is 147 Å². The second-order valence-electron chi connectivity index (χ2n) is 6.12. The van der Waals surface area contributed by atoms with Gasteiger partial charge in [-0.15, -0.1) is 0 Å². The zero-order chi connectivity index (χ0) is 18.0. The van der Waals surface area contributed by atoms with E-state index >= 15 is 0 Å². The number of hydrogen-bond donors (Lipinski definition) is 2. The second-order valence-corrected chi connectivity index (χ2v) is 6.12. The van der Waals surface area contributed by atoms with E-state index in [1.807, 2.05) is 45.0 Å². The number of anilines is 2. The standard InChI is InChI=1S/C19H22N4O2/c1-4-20-19(25)23-10-9-14-6-7-15(11-17(14)23)22-18(24)16-8-5-12(2)21-13(16)3/h5-8,11H,4,9-10H2,1-3H3,(H,20,25)(H,22,24). The van der Waals surface area contributed by atoms with E-state index in [0.717, 1.165) is 23.4 Å². The molecule has 6 nitrogen and oxygen atoms in total. The van der Waals surface area contributed by atoms with Gasteiger partial charge in [-0.1, -0.05) is 6.07 Å². The molecule has 0 spiro atoms. The van der Waals surface area contributed by atoms with Crippen molar-refractivity contribution >= 4 is 23.3 Å². The van der Waals surface area contributed by atoms with Crippen LogP contribution < -0.4 is 15.5 Å². The minimum absolute atomic E-state index is 0.108. The highest BCUT2D eigenvalue weighted by Crippen LogP contribution is 2.31. The lowest BCUT2D eigenvalue weighted by molar-refractivity contribution is 0.102. The maximum Gasteiger partial charge on any atom is 0.321 e. The van der Waals surface area contributed by atoms with Crippen molar-refractivity contribution in [2.75, 3.05) is 23.3 Å². The molecule has 0 bridgehead atoms. The lowest BCUT2D eigenvalue weighted by Gasteiger charge is -2.18. The summed E-state index contributed by atoms with van der Waals surface area (Å²) in [5.41, 5.74) is 4.75. The summed E-state index contributed by atoms with van der Waals surface area (Å²) >= 11 is 0. The molecule has 0 fully saturated rings. The van der Waals surface area contributed by atoms with Crippen molar-refractivity contribution in [3.63, 3.8) is 0 Å². The smallest absolute Gasteiger partial charge is 0.321 e. The van der Waals surface area contributed by atoms with Gasteiger partial charge in [0.25, 0.3) is 5.91 Å². The summed E-state index contributed by atoms with van der Waals surface area (Å²) < 4.78 is 0. The van der Waals surface area contributed by atoms with E-state index in [9.17, 15) is 9.59 Å². The summed E-state index contributed by atoms with van der Waals surface area (Å²) in [7, 11) is 0. The van der Waals surface area contributed by atoms with Crippen LogP contribution in [0.1, 0.15) is 34.2 Å². The largest absolute Gasteiger partial charge is 0.338 e. The quantitative estimate of drug-likeness (QED) is 0.903. The van der Waals surface area contributed by atoms with E-state index in [4.69, 9.17) is 0 Å². The number of urea groups is 1. The van der Waals surface area contributed by atoms with Gasteiger partial charge in [0, 0.05) is 24.5 Å². The first-order chi connectivity index (χ1) is 12.0. The van der Waals surface area contributed by atoms with Crippen LogP contribution in [0.15, 0.2) is 30.3 Å². The summed E-state index contributed by atoms with van der Waals surface area (Å²) in [6, 6.07) is 9.18. The van der Waals surface area contributed by atoms with Crippen molar-refractivity contribution in [1.29, 1.82) is 0 Å². The van der Waals surface area contributed by atoms with Crippen molar-refractivity contribution in [3.05, 3.63) is 52.8 Å². The molecule has 0 atom stereocenters. The van der Waals surface area contributed by atoms with Gasteiger partial charge in [0.05, 0.1) is 16.9 Å². The van der Waals surface area contributed by atoms with Crippen molar-refractivity contribution in [3.8, 4) is 0 Å². The van der Waals surface area contributed by atoms with E-state index in [-0.39, 0.29) is 11.9 Å². The molecule has 130 valence electrons. The van der Waals surface area contributed by atoms with Crippen LogP contribution in [-0.2, 0) is 6.42 Å². The Morgan fingerprint density at radius 1 is 1.20 bits per heavy atom. The molecule has 1 aliphatic heterocycles. The molecule has 1 aliphatic rings. The Morgan fingerprint density at radius 2 is 2.00 bits per heavy atom. The van der Waals surface area contributed by atoms with Crippen molar-refractivity contribution in [2.45, 2.75) is 27.2 Å². The van der Waals surface area contributed by atoms with Crippen LogP contribution in [0, 0.1) is 13.8 Å². The maximum atomic E-state index is 12.5. The van der Waals surface area contributed by atoms with Gasteiger partial charge in [-0.3, -0.25) is 14.7 Å². The van der Waals surface area contributed by atoms with E-state index < -0.39 is 0 Å². The van der Waals surface area contributed by atoms with Gasteiger partial charge in [0.15, 0.2) is 0 Å². The molecule has 0 saturated heterocycles. The van der Waals surface area contributed by atoms with Gasteiger partial charge in [0.2, 0.25) is 0 Å². The van der Waals surface area contributed by atoms with Crippen LogP contribution >= 0.6 is 0 Å². The van der Waals surface area contributed by atoms with Crippen LogP contribution in [0.25, 0.3) is 0 Å². The highest BCUT2D eigenvalue weighted by atomic mass is 16.2. The van der Waals surface area contributed by atoms with Crippen LogP contribution in [0.4, 0.5) is 16.2 Å². The first-order valence-corrected chi connectivity index (χ1v) is 8.43. The fraction of sp³-hybridized carbons (Fsp3) is 0.316. The molecule has 0 saturated carbocycles. The second kappa shape index (κ2) is 6.93. The highest BCUT2D eigenvalue weighted by molar-refractivity contribution is 6.05. The molecule has 1 aromatic heterocycles. The average Bonchev–Trinajstić information content (AvgIpc) is 2.98. The van der Waals surface area contributed by atoms with Gasteiger partial charge in [-0.2, -0.15) is 0 Å². The molecule has 1 aromatic carbocycles. The molecule has 0 aliphatic carbocycles. The number of nitrogens with one attached hydrogen (secondary N) is 2. The number of benzene rings is 1. The number of carbonyl (C=O) groups is 2. The van der Waals surface area contributed by atoms with Crippen LogP contribution in [-0.4, -0.2) is 30.0 Å². The molecule has 25 heavy (non-hydrogen) atoms.